The lowest BCUT2D eigenvalue weighted by Gasteiger charge is -2.45. The van der Waals surface area contributed by atoms with Crippen molar-refractivity contribution in [2.75, 3.05) is 9.80 Å². The van der Waals surface area contributed by atoms with Crippen molar-refractivity contribution >= 4 is 90.3 Å². The van der Waals surface area contributed by atoms with Gasteiger partial charge in [-0.25, -0.2) is 0 Å². The predicted molar refractivity (Wildman–Crippen MR) is 273 cm³/mol. The Morgan fingerprint density at radius 2 is 1.17 bits per heavy atom. The minimum atomic E-state index is -0.0282. The third kappa shape index (κ3) is 5.67. The van der Waals surface area contributed by atoms with Crippen LogP contribution in [0.1, 0.15) is 102 Å². The van der Waals surface area contributed by atoms with Crippen LogP contribution in [-0.4, -0.2) is 6.71 Å². The number of para-hydroxylation sites is 1. The summed E-state index contributed by atoms with van der Waals surface area (Å²) in [6.45, 7) is 21.1. The summed E-state index contributed by atoms with van der Waals surface area (Å²) in [5.41, 5.74) is 25.4. The number of nitrogens with zero attached hydrogens (tertiary/aromatic N) is 2. The van der Waals surface area contributed by atoms with Crippen molar-refractivity contribution in [3.8, 4) is 0 Å². The second kappa shape index (κ2) is 13.5. The molecule has 0 N–H and O–H groups in total. The smallest absolute Gasteiger partial charge is 0.252 e. The van der Waals surface area contributed by atoms with Gasteiger partial charge in [-0.3, -0.25) is 0 Å². The van der Waals surface area contributed by atoms with E-state index in [1.807, 2.05) is 0 Å². The average Bonchev–Trinajstić information content (AvgIpc) is 3.76. The van der Waals surface area contributed by atoms with Crippen LogP contribution < -0.4 is 26.2 Å². The Labute approximate surface area is 378 Å². The summed E-state index contributed by atoms with van der Waals surface area (Å²) in [6, 6.07) is 53.2. The third-order valence-electron chi connectivity index (χ3n) is 14.9. The normalized spacial score (nSPS) is 16.1. The van der Waals surface area contributed by atoms with Gasteiger partial charge < -0.3 is 14.2 Å². The highest BCUT2D eigenvalue weighted by molar-refractivity contribution is 7.00. The van der Waals surface area contributed by atoms with Crippen LogP contribution in [-0.2, 0) is 16.2 Å². The second-order valence-corrected chi connectivity index (χ2v) is 21.4. The summed E-state index contributed by atoms with van der Waals surface area (Å²) in [7, 11) is 0. The fourth-order valence-electron chi connectivity index (χ4n) is 11.6. The lowest BCUT2D eigenvalue weighted by Crippen LogP contribution is -2.61. The van der Waals surface area contributed by atoms with E-state index in [1.165, 1.54) is 89.4 Å². The summed E-state index contributed by atoms with van der Waals surface area (Å²) in [5.74, 6) is 0. The van der Waals surface area contributed by atoms with Crippen LogP contribution >= 0.6 is 0 Å². The first-order valence-corrected chi connectivity index (χ1v) is 23.3. The van der Waals surface area contributed by atoms with Gasteiger partial charge in [-0.1, -0.05) is 146 Å². The van der Waals surface area contributed by atoms with Crippen molar-refractivity contribution in [2.45, 2.75) is 91.4 Å². The maximum absolute atomic E-state index is 6.56. The first-order chi connectivity index (χ1) is 30.7. The highest BCUT2D eigenvalue weighted by Gasteiger charge is 2.45. The topological polar surface area (TPSA) is 19.6 Å². The molecule has 0 atom stereocenters. The van der Waals surface area contributed by atoms with Gasteiger partial charge in [-0.15, -0.1) is 0 Å². The monoisotopic (exact) mass is 830 g/mol. The predicted octanol–water partition coefficient (Wildman–Crippen LogP) is 14.5. The van der Waals surface area contributed by atoms with Gasteiger partial charge in [0.1, 0.15) is 11.2 Å². The molecule has 2 aliphatic carbocycles. The number of fused-ring (bicyclic) bond motifs is 9. The molecule has 314 valence electrons. The van der Waals surface area contributed by atoms with Crippen molar-refractivity contribution < 1.29 is 4.42 Å². The summed E-state index contributed by atoms with van der Waals surface area (Å²) in [5, 5.41) is 2.28. The summed E-state index contributed by atoms with van der Waals surface area (Å²) < 4.78 is 6.56. The van der Waals surface area contributed by atoms with Gasteiger partial charge in [-0.05, 0) is 146 Å². The molecule has 4 heteroatoms. The molecular weight excluding hydrogens is 775 g/mol. The minimum absolute atomic E-state index is 0.0228. The van der Waals surface area contributed by atoms with E-state index in [-0.39, 0.29) is 23.0 Å². The van der Waals surface area contributed by atoms with Crippen LogP contribution in [0, 0.1) is 6.92 Å². The van der Waals surface area contributed by atoms with Crippen molar-refractivity contribution in [1.29, 1.82) is 0 Å². The first kappa shape index (κ1) is 39.1. The number of aryl methyl sites for hydroxylation is 1. The molecule has 0 spiro atoms. The quantitative estimate of drug-likeness (QED) is 0.165. The summed E-state index contributed by atoms with van der Waals surface area (Å²) in [6.07, 6.45) is 4.67. The van der Waals surface area contributed by atoms with E-state index in [0.717, 1.165) is 40.5 Å². The van der Waals surface area contributed by atoms with Gasteiger partial charge in [0.15, 0.2) is 0 Å². The number of anilines is 6. The molecule has 0 saturated heterocycles. The summed E-state index contributed by atoms with van der Waals surface area (Å²) in [4.78, 5) is 5.09. The summed E-state index contributed by atoms with van der Waals surface area (Å²) >= 11 is 0. The van der Waals surface area contributed by atoms with Crippen LogP contribution in [0.4, 0.5) is 34.1 Å². The number of hydrogen-bond donors (Lipinski definition) is 0. The fraction of sp³-hybridized carbons (Fsp3) is 0.233. The van der Waals surface area contributed by atoms with Gasteiger partial charge >= 0.3 is 0 Å². The molecule has 7 aromatic carbocycles. The Morgan fingerprint density at radius 1 is 0.578 bits per heavy atom. The zero-order chi connectivity index (χ0) is 44.0. The molecule has 0 unspecified atom stereocenters. The van der Waals surface area contributed by atoms with Crippen LogP contribution in [0.3, 0.4) is 0 Å². The Kier molecular flexibility index (Phi) is 8.25. The maximum atomic E-state index is 6.56. The molecule has 1 aromatic heterocycles. The lowest BCUT2D eigenvalue weighted by atomic mass is 9.33. The van der Waals surface area contributed by atoms with Gasteiger partial charge in [0, 0.05) is 56.4 Å². The average molecular weight is 831 g/mol. The number of furan rings is 1. The SMILES string of the molecule is Cc1cc2c3c(c1)N(c1ccc4c(c1)oc1ccccc14)c1cc(C(C)(C)C)ccc1B3c1ccc(C(C)(C)C)cc1N2c1ccc(C2=CCCC3=C2c2ccccc2C3(C)C)cc1. The fourth-order valence-corrected chi connectivity index (χ4v) is 11.6. The molecule has 12 rings (SSSR count). The van der Waals surface area contributed by atoms with E-state index in [0.29, 0.717) is 0 Å². The molecule has 3 heterocycles. The zero-order valence-corrected chi connectivity index (χ0v) is 38.7. The molecule has 4 aliphatic rings. The van der Waals surface area contributed by atoms with Crippen LogP contribution in [0.25, 0.3) is 33.1 Å². The molecule has 8 aromatic rings. The van der Waals surface area contributed by atoms with Crippen molar-refractivity contribution in [2.24, 2.45) is 0 Å². The largest absolute Gasteiger partial charge is 0.456 e. The highest BCUT2D eigenvalue weighted by atomic mass is 16.3. The molecule has 0 fully saturated rings. The number of hydrogen-bond acceptors (Lipinski definition) is 3. The van der Waals surface area contributed by atoms with Crippen LogP contribution in [0.5, 0.6) is 0 Å². The van der Waals surface area contributed by atoms with Crippen molar-refractivity contribution in [3.05, 3.63) is 185 Å². The molecule has 0 amide bonds. The number of allylic oxidation sites excluding steroid dienone is 4. The Hall–Kier alpha value is -6.52. The van der Waals surface area contributed by atoms with E-state index in [2.05, 4.69) is 218 Å². The molecular formula is C60H55BN2O. The molecule has 0 bridgehead atoms. The van der Waals surface area contributed by atoms with Crippen molar-refractivity contribution in [1.82, 2.24) is 0 Å². The third-order valence-corrected chi connectivity index (χ3v) is 14.9. The molecule has 2 aliphatic heterocycles. The number of benzene rings is 7. The Balaban J connectivity index is 1.07. The molecule has 0 saturated carbocycles. The molecule has 64 heavy (non-hydrogen) atoms. The highest BCUT2D eigenvalue weighted by Crippen LogP contribution is 2.55. The van der Waals surface area contributed by atoms with E-state index in [4.69, 9.17) is 4.42 Å². The Morgan fingerprint density at radius 3 is 1.84 bits per heavy atom. The van der Waals surface area contributed by atoms with E-state index in [1.54, 1.807) is 5.57 Å². The standard InChI is InChI=1S/C60H55BN2O/c1-36-31-52-57-53(32-36)63(41-27-28-44-43-15-11-13-20-54(43)64-55(44)35-41)51-34-39(59(5,6)7)24-30-49(51)61(57)48-29-23-38(58(2,3)4)33-50(48)62(52)40-25-21-37(22-26-40)42-17-14-19-47-56(42)45-16-10-12-18-46(45)60(47,8)9/h10-13,15-18,20-35H,14,19H2,1-9H3. The van der Waals surface area contributed by atoms with Gasteiger partial charge in [-0.2, -0.15) is 0 Å². The van der Waals surface area contributed by atoms with Crippen molar-refractivity contribution in [3.63, 3.8) is 0 Å². The van der Waals surface area contributed by atoms with E-state index in [9.17, 15) is 0 Å². The van der Waals surface area contributed by atoms with Gasteiger partial charge in [0.05, 0.1) is 0 Å². The molecule has 3 nitrogen and oxygen atoms in total. The van der Waals surface area contributed by atoms with Crippen LogP contribution in [0.2, 0.25) is 0 Å². The second-order valence-electron chi connectivity index (χ2n) is 21.4. The maximum Gasteiger partial charge on any atom is 0.252 e. The van der Waals surface area contributed by atoms with Gasteiger partial charge in [0.2, 0.25) is 0 Å². The minimum Gasteiger partial charge on any atom is -0.456 e. The van der Waals surface area contributed by atoms with Crippen LogP contribution in [0.15, 0.2) is 156 Å². The first-order valence-electron chi connectivity index (χ1n) is 23.3. The van der Waals surface area contributed by atoms with E-state index < -0.39 is 0 Å². The van der Waals surface area contributed by atoms with E-state index >= 15 is 0 Å². The number of rotatable bonds is 3. The zero-order valence-electron chi connectivity index (χ0n) is 38.7. The lowest BCUT2D eigenvalue weighted by molar-refractivity contribution is 0.590. The molecule has 0 radical (unpaired) electrons. The van der Waals surface area contributed by atoms with Gasteiger partial charge in [0.25, 0.3) is 6.71 Å². The Bertz CT molecular complexity index is 3350.